The Morgan fingerprint density at radius 2 is 1.89 bits per heavy atom. The Morgan fingerprint density at radius 1 is 1.11 bits per heavy atom. The average molecular weight is 372 g/mol. The third kappa shape index (κ3) is 5.07. The Labute approximate surface area is 165 Å². The summed E-state index contributed by atoms with van der Waals surface area (Å²) in [5, 5.41) is 4.00. The number of anilines is 1. The highest BCUT2D eigenvalue weighted by molar-refractivity contribution is 6.00. The fourth-order valence-corrected chi connectivity index (χ4v) is 3.05. The summed E-state index contributed by atoms with van der Waals surface area (Å²) in [4.78, 5) is 16.9. The number of carbonyl (C=O) groups is 1. The fraction of sp³-hybridized carbons (Fsp3) is 0.167. The van der Waals surface area contributed by atoms with E-state index >= 15 is 0 Å². The van der Waals surface area contributed by atoms with E-state index in [2.05, 4.69) is 23.0 Å². The van der Waals surface area contributed by atoms with Crippen LogP contribution in [0.2, 0.25) is 0 Å². The Balaban J connectivity index is 1.66. The molecule has 28 heavy (non-hydrogen) atoms. The number of ether oxygens (including phenoxy) is 1. The zero-order valence-corrected chi connectivity index (χ0v) is 16.0. The summed E-state index contributed by atoms with van der Waals surface area (Å²) in [5.41, 5.74) is 3.79. The van der Waals surface area contributed by atoms with Crippen molar-refractivity contribution in [1.29, 1.82) is 0 Å². The average Bonchev–Trinajstić information content (AvgIpc) is 2.73. The summed E-state index contributed by atoms with van der Waals surface area (Å²) in [6, 6.07) is 17.5. The number of benzene rings is 2. The minimum atomic E-state index is -0.0251. The van der Waals surface area contributed by atoms with Gasteiger partial charge in [-0.1, -0.05) is 48.1 Å². The molecule has 4 nitrogen and oxygen atoms in total. The fourth-order valence-electron chi connectivity index (χ4n) is 3.05. The van der Waals surface area contributed by atoms with Gasteiger partial charge in [0.25, 0.3) is 0 Å². The molecular formula is C24H24N2O2. The van der Waals surface area contributed by atoms with Gasteiger partial charge < -0.3 is 10.1 Å². The zero-order chi connectivity index (χ0) is 19.8. The standard InChI is InChI=1S/C24H24N2O2/c1-3-6-18(17-19-10-13-21(28-2)14-11-19)12-15-23(27)26-22-9-4-7-20-8-5-16-25-24(20)22/h3-5,7-11,13-14,16-17H,1,6,12,15H2,2H3,(H,26,27). The maximum absolute atomic E-state index is 12.5. The molecule has 0 radical (unpaired) electrons. The van der Waals surface area contributed by atoms with E-state index in [0.717, 1.165) is 39.9 Å². The van der Waals surface area contributed by atoms with Crippen LogP contribution in [0.4, 0.5) is 5.69 Å². The highest BCUT2D eigenvalue weighted by Gasteiger charge is 2.08. The summed E-state index contributed by atoms with van der Waals surface area (Å²) >= 11 is 0. The van der Waals surface area contributed by atoms with Crippen LogP contribution in [0.15, 0.2) is 79.0 Å². The summed E-state index contributed by atoms with van der Waals surface area (Å²) in [7, 11) is 1.65. The smallest absolute Gasteiger partial charge is 0.224 e. The number of hydrogen-bond acceptors (Lipinski definition) is 3. The van der Waals surface area contributed by atoms with Crippen molar-refractivity contribution < 1.29 is 9.53 Å². The third-order valence-electron chi connectivity index (χ3n) is 4.47. The molecule has 1 aromatic heterocycles. The van der Waals surface area contributed by atoms with Crippen molar-refractivity contribution in [3.8, 4) is 5.75 Å². The van der Waals surface area contributed by atoms with Gasteiger partial charge in [0.15, 0.2) is 0 Å². The van der Waals surface area contributed by atoms with E-state index in [1.807, 2.05) is 60.7 Å². The van der Waals surface area contributed by atoms with Crippen LogP contribution >= 0.6 is 0 Å². The number of amides is 1. The van der Waals surface area contributed by atoms with Crippen LogP contribution < -0.4 is 10.1 Å². The van der Waals surface area contributed by atoms with Gasteiger partial charge in [0.2, 0.25) is 5.91 Å². The van der Waals surface area contributed by atoms with E-state index in [-0.39, 0.29) is 5.91 Å². The first kappa shape index (κ1) is 19.4. The molecule has 0 aliphatic carbocycles. The van der Waals surface area contributed by atoms with Crippen LogP contribution in [0.5, 0.6) is 5.75 Å². The van der Waals surface area contributed by atoms with Gasteiger partial charge in [-0.15, -0.1) is 6.58 Å². The normalized spacial score (nSPS) is 11.2. The maximum atomic E-state index is 12.5. The van der Waals surface area contributed by atoms with E-state index in [0.29, 0.717) is 12.8 Å². The molecule has 0 saturated heterocycles. The summed E-state index contributed by atoms with van der Waals surface area (Å²) < 4.78 is 5.19. The van der Waals surface area contributed by atoms with E-state index in [1.165, 1.54) is 0 Å². The number of aromatic nitrogens is 1. The van der Waals surface area contributed by atoms with Crippen LogP contribution in [-0.4, -0.2) is 18.0 Å². The van der Waals surface area contributed by atoms with Crippen LogP contribution in [0.1, 0.15) is 24.8 Å². The molecule has 0 fully saturated rings. The maximum Gasteiger partial charge on any atom is 0.224 e. The molecule has 0 aliphatic heterocycles. The Bertz CT molecular complexity index is 986. The Morgan fingerprint density at radius 3 is 2.64 bits per heavy atom. The molecule has 0 bridgehead atoms. The minimum absolute atomic E-state index is 0.0251. The second-order valence-electron chi connectivity index (χ2n) is 6.50. The SMILES string of the molecule is C=CCC(=Cc1ccc(OC)cc1)CCC(=O)Nc1cccc2cccnc12. The van der Waals surface area contributed by atoms with Gasteiger partial charge in [-0.2, -0.15) is 0 Å². The lowest BCUT2D eigenvalue weighted by Gasteiger charge is -2.09. The van der Waals surface area contributed by atoms with Gasteiger partial charge in [-0.3, -0.25) is 9.78 Å². The number of pyridine rings is 1. The second-order valence-corrected chi connectivity index (χ2v) is 6.50. The highest BCUT2D eigenvalue weighted by atomic mass is 16.5. The number of allylic oxidation sites excluding steroid dienone is 2. The van der Waals surface area contributed by atoms with Gasteiger partial charge in [0.1, 0.15) is 5.75 Å². The van der Waals surface area contributed by atoms with E-state index in [9.17, 15) is 4.79 Å². The number of nitrogens with zero attached hydrogens (tertiary/aromatic N) is 1. The first-order chi connectivity index (χ1) is 13.7. The third-order valence-corrected chi connectivity index (χ3v) is 4.47. The molecule has 0 saturated carbocycles. The monoisotopic (exact) mass is 372 g/mol. The Hall–Kier alpha value is -3.40. The molecule has 0 atom stereocenters. The molecule has 0 aliphatic rings. The lowest BCUT2D eigenvalue weighted by molar-refractivity contribution is -0.116. The van der Waals surface area contributed by atoms with Crippen LogP contribution in [0.25, 0.3) is 17.0 Å². The molecule has 3 aromatic rings. The molecule has 1 N–H and O–H groups in total. The van der Waals surface area contributed by atoms with Gasteiger partial charge >= 0.3 is 0 Å². The molecule has 3 rings (SSSR count). The van der Waals surface area contributed by atoms with Crippen LogP contribution in [0.3, 0.4) is 0 Å². The van der Waals surface area contributed by atoms with Gasteiger partial charge in [0, 0.05) is 18.0 Å². The summed E-state index contributed by atoms with van der Waals surface area (Å²) in [6.07, 6.45) is 7.52. The Kier molecular flexibility index (Phi) is 6.58. The largest absolute Gasteiger partial charge is 0.497 e. The van der Waals surface area contributed by atoms with E-state index in [4.69, 9.17) is 4.74 Å². The highest BCUT2D eigenvalue weighted by Crippen LogP contribution is 2.22. The number of methoxy groups -OCH3 is 1. The molecule has 4 heteroatoms. The number of rotatable bonds is 8. The summed E-state index contributed by atoms with van der Waals surface area (Å²) in [5.74, 6) is 0.799. The number of para-hydroxylation sites is 1. The molecule has 0 spiro atoms. The first-order valence-electron chi connectivity index (χ1n) is 9.27. The van der Waals surface area contributed by atoms with Crippen LogP contribution in [-0.2, 0) is 4.79 Å². The quantitative estimate of drug-likeness (QED) is 0.522. The number of carbonyl (C=O) groups excluding carboxylic acids is 1. The van der Waals surface area contributed by atoms with Crippen molar-refractivity contribution >= 4 is 28.6 Å². The van der Waals surface area contributed by atoms with Crippen molar-refractivity contribution in [1.82, 2.24) is 4.98 Å². The lowest BCUT2D eigenvalue weighted by atomic mass is 10.0. The molecule has 2 aromatic carbocycles. The van der Waals surface area contributed by atoms with Crippen molar-refractivity contribution in [3.63, 3.8) is 0 Å². The topological polar surface area (TPSA) is 51.2 Å². The summed E-state index contributed by atoms with van der Waals surface area (Å²) in [6.45, 7) is 3.83. The molecule has 142 valence electrons. The van der Waals surface area contributed by atoms with Crippen molar-refractivity contribution in [2.75, 3.05) is 12.4 Å². The second kappa shape index (κ2) is 9.51. The zero-order valence-electron chi connectivity index (χ0n) is 16.0. The molecule has 1 heterocycles. The number of hydrogen-bond donors (Lipinski definition) is 1. The number of fused-ring (bicyclic) bond motifs is 1. The van der Waals surface area contributed by atoms with Gasteiger partial charge in [-0.25, -0.2) is 0 Å². The van der Waals surface area contributed by atoms with E-state index < -0.39 is 0 Å². The predicted octanol–water partition coefficient (Wildman–Crippen LogP) is 5.62. The van der Waals surface area contributed by atoms with Gasteiger partial charge in [0.05, 0.1) is 18.3 Å². The van der Waals surface area contributed by atoms with Crippen molar-refractivity contribution in [3.05, 3.63) is 84.6 Å². The number of nitrogens with one attached hydrogen (secondary N) is 1. The van der Waals surface area contributed by atoms with Crippen LogP contribution in [0, 0.1) is 0 Å². The minimum Gasteiger partial charge on any atom is -0.497 e. The van der Waals surface area contributed by atoms with Crippen molar-refractivity contribution in [2.45, 2.75) is 19.3 Å². The lowest BCUT2D eigenvalue weighted by Crippen LogP contribution is -2.12. The molecular weight excluding hydrogens is 348 g/mol. The first-order valence-corrected chi connectivity index (χ1v) is 9.27. The predicted molar refractivity (Wildman–Crippen MR) is 115 cm³/mol. The molecule has 1 amide bonds. The van der Waals surface area contributed by atoms with E-state index in [1.54, 1.807) is 13.3 Å². The van der Waals surface area contributed by atoms with Crippen molar-refractivity contribution in [2.24, 2.45) is 0 Å². The molecule has 0 unspecified atom stereocenters. The van der Waals surface area contributed by atoms with Gasteiger partial charge in [-0.05, 0) is 42.7 Å².